The van der Waals surface area contributed by atoms with Gasteiger partial charge in [0.1, 0.15) is 0 Å². The molecule has 0 bridgehead atoms. The van der Waals surface area contributed by atoms with Crippen LogP contribution in [0.2, 0.25) is 0 Å². The van der Waals surface area contributed by atoms with Crippen molar-refractivity contribution in [2.75, 3.05) is 0 Å². The Hall–Kier alpha value is -1.63. The summed E-state index contributed by atoms with van der Waals surface area (Å²) in [6, 6.07) is 12.9. The Morgan fingerprint density at radius 2 is 1.67 bits per heavy atom. The topological polar surface area (TPSA) is 12.9 Å². The van der Waals surface area contributed by atoms with Crippen molar-refractivity contribution in [1.29, 1.82) is 0 Å². The Labute approximate surface area is 110 Å². The number of aryl methyl sites for hydroxylation is 3. The van der Waals surface area contributed by atoms with Crippen LogP contribution in [0, 0.1) is 0 Å². The van der Waals surface area contributed by atoms with Crippen LogP contribution in [-0.2, 0) is 19.3 Å². The summed E-state index contributed by atoms with van der Waals surface area (Å²) in [6.07, 6.45) is 9.88. The summed E-state index contributed by atoms with van der Waals surface area (Å²) in [5, 5.41) is 0. The minimum atomic E-state index is 1.09. The van der Waals surface area contributed by atoms with Gasteiger partial charge >= 0.3 is 0 Å². The molecule has 2 aromatic rings. The number of unbranched alkanes of at least 4 members (excludes halogenated alkanes) is 1. The van der Waals surface area contributed by atoms with Gasteiger partial charge in [-0.2, -0.15) is 0 Å². The second-order valence-corrected chi connectivity index (χ2v) is 4.69. The van der Waals surface area contributed by atoms with Crippen LogP contribution < -0.4 is 0 Å². The zero-order valence-electron chi connectivity index (χ0n) is 11.1. The summed E-state index contributed by atoms with van der Waals surface area (Å²) in [5.41, 5.74) is 4.32. The van der Waals surface area contributed by atoms with Gasteiger partial charge < -0.3 is 0 Å². The molecule has 1 heteroatoms. The van der Waals surface area contributed by atoms with Gasteiger partial charge in [-0.15, -0.1) is 0 Å². The molecule has 0 unspecified atom stereocenters. The smallest absolute Gasteiger partial charge is 0.0302 e. The quantitative estimate of drug-likeness (QED) is 0.688. The van der Waals surface area contributed by atoms with Gasteiger partial charge in [-0.25, -0.2) is 0 Å². The molecule has 1 aromatic heterocycles. The minimum absolute atomic E-state index is 1.09. The van der Waals surface area contributed by atoms with E-state index < -0.39 is 0 Å². The van der Waals surface area contributed by atoms with Crippen LogP contribution in [0.15, 0.2) is 48.8 Å². The first-order chi connectivity index (χ1) is 8.90. The summed E-state index contributed by atoms with van der Waals surface area (Å²) in [6.45, 7) is 2.20. The predicted molar refractivity (Wildman–Crippen MR) is 76.7 cm³/mol. The summed E-state index contributed by atoms with van der Waals surface area (Å²) >= 11 is 0. The van der Waals surface area contributed by atoms with Crippen LogP contribution in [0.5, 0.6) is 0 Å². The second-order valence-electron chi connectivity index (χ2n) is 4.69. The lowest BCUT2D eigenvalue weighted by molar-refractivity contribution is 0.729. The van der Waals surface area contributed by atoms with E-state index in [1.54, 1.807) is 0 Å². The van der Waals surface area contributed by atoms with Crippen molar-refractivity contribution in [2.45, 2.75) is 39.0 Å². The predicted octanol–water partition coefficient (Wildman–Crippen LogP) is 4.21. The number of aromatic nitrogens is 1. The van der Waals surface area contributed by atoms with E-state index in [1.165, 1.54) is 42.4 Å². The van der Waals surface area contributed by atoms with Gasteiger partial charge in [0.05, 0.1) is 0 Å². The lowest BCUT2D eigenvalue weighted by Crippen LogP contribution is -1.95. The SMILES string of the molecule is CCc1cnccc1CCCCc1ccccc1. The van der Waals surface area contributed by atoms with Gasteiger partial charge in [-0.3, -0.25) is 4.98 Å². The Morgan fingerprint density at radius 3 is 2.44 bits per heavy atom. The van der Waals surface area contributed by atoms with Crippen molar-refractivity contribution in [3.05, 3.63) is 65.5 Å². The maximum Gasteiger partial charge on any atom is 0.0302 e. The number of hydrogen-bond acceptors (Lipinski definition) is 1. The average Bonchev–Trinajstić information content (AvgIpc) is 2.45. The Bertz CT molecular complexity index is 462. The van der Waals surface area contributed by atoms with Gasteiger partial charge in [-0.05, 0) is 54.9 Å². The summed E-state index contributed by atoms with van der Waals surface area (Å²) < 4.78 is 0. The molecule has 94 valence electrons. The third-order valence-electron chi connectivity index (χ3n) is 3.39. The van der Waals surface area contributed by atoms with E-state index >= 15 is 0 Å². The molecule has 1 nitrogen and oxygen atoms in total. The van der Waals surface area contributed by atoms with E-state index in [4.69, 9.17) is 0 Å². The molecule has 0 spiro atoms. The number of pyridine rings is 1. The Balaban J connectivity index is 1.78. The number of nitrogens with zero attached hydrogens (tertiary/aromatic N) is 1. The molecule has 0 aliphatic carbocycles. The molecular formula is C17H21N. The minimum Gasteiger partial charge on any atom is -0.264 e. The van der Waals surface area contributed by atoms with Crippen molar-refractivity contribution < 1.29 is 0 Å². The van der Waals surface area contributed by atoms with Crippen LogP contribution in [0.3, 0.4) is 0 Å². The molecule has 0 amide bonds. The van der Waals surface area contributed by atoms with E-state index in [2.05, 4.69) is 48.3 Å². The first-order valence-corrected chi connectivity index (χ1v) is 6.86. The van der Waals surface area contributed by atoms with Crippen LogP contribution in [0.4, 0.5) is 0 Å². The summed E-state index contributed by atoms with van der Waals surface area (Å²) in [5.74, 6) is 0. The maximum atomic E-state index is 4.19. The third-order valence-corrected chi connectivity index (χ3v) is 3.39. The molecule has 1 aromatic carbocycles. The van der Waals surface area contributed by atoms with Crippen molar-refractivity contribution in [3.8, 4) is 0 Å². The molecule has 0 atom stereocenters. The fraction of sp³-hybridized carbons (Fsp3) is 0.353. The highest BCUT2D eigenvalue weighted by Gasteiger charge is 2.00. The Morgan fingerprint density at radius 1 is 0.889 bits per heavy atom. The second kappa shape index (κ2) is 6.95. The van der Waals surface area contributed by atoms with Gasteiger partial charge in [0.25, 0.3) is 0 Å². The Kier molecular flexibility index (Phi) is 4.95. The molecule has 0 aliphatic rings. The monoisotopic (exact) mass is 239 g/mol. The number of hydrogen-bond donors (Lipinski definition) is 0. The fourth-order valence-corrected chi connectivity index (χ4v) is 2.31. The average molecular weight is 239 g/mol. The molecule has 1 heterocycles. The molecular weight excluding hydrogens is 218 g/mol. The van der Waals surface area contributed by atoms with Gasteiger partial charge in [-0.1, -0.05) is 37.3 Å². The summed E-state index contributed by atoms with van der Waals surface area (Å²) in [4.78, 5) is 4.19. The lowest BCUT2D eigenvalue weighted by Gasteiger charge is -2.06. The molecule has 0 fully saturated rings. The van der Waals surface area contributed by atoms with Crippen molar-refractivity contribution in [1.82, 2.24) is 4.98 Å². The largest absolute Gasteiger partial charge is 0.264 e. The zero-order valence-corrected chi connectivity index (χ0v) is 11.1. The van der Waals surface area contributed by atoms with E-state index in [-0.39, 0.29) is 0 Å². The molecule has 0 N–H and O–H groups in total. The van der Waals surface area contributed by atoms with Gasteiger partial charge in [0, 0.05) is 12.4 Å². The van der Waals surface area contributed by atoms with Crippen molar-refractivity contribution in [3.63, 3.8) is 0 Å². The van der Waals surface area contributed by atoms with E-state index in [9.17, 15) is 0 Å². The standard InChI is InChI=1S/C17H21N/c1-2-16-14-18-13-12-17(16)11-7-6-10-15-8-4-3-5-9-15/h3-5,8-9,12-14H,2,6-7,10-11H2,1H3. The molecule has 0 aliphatic heterocycles. The number of rotatable bonds is 6. The maximum absolute atomic E-state index is 4.19. The molecule has 18 heavy (non-hydrogen) atoms. The first-order valence-electron chi connectivity index (χ1n) is 6.86. The van der Waals surface area contributed by atoms with E-state index in [0.717, 1.165) is 6.42 Å². The highest BCUT2D eigenvalue weighted by molar-refractivity contribution is 5.23. The molecule has 0 radical (unpaired) electrons. The van der Waals surface area contributed by atoms with Crippen molar-refractivity contribution >= 4 is 0 Å². The van der Waals surface area contributed by atoms with Crippen LogP contribution >= 0.6 is 0 Å². The third kappa shape index (κ3) is 3.69. The fourth-order valence-electron chi connectivity index (χ4n) is 2.31. The van der Waals surface area contributed by atoms with E-state index in [1.807, 2.05) is 12.4 Å². The highest BCUT2D eigenvalue weighted by atomic mass is 14.6. The molecule has 0 saturated carbocycles. The first kappa shape index (κ1) is 12.8. The molecule has 2 rings (SSSR count). The van der Waals surface area contributed by atoms with Crippen LogP contribution in [0.1, 0.15) is 36.5 Å². The van der Waals surface area contributed by atoms with Crippen LogP contribution in [0.25, 0.3) is 0 Å². The molecule has 0 saturated heterocycles. The highest BCUT2D eigenvalue weighted by Crippen LogP contribution is 2.13. The van der Waals surface area contributed by atoms with E-state index in [0.29, 0.717) is 0 Å². The van der Waals surface area contributed by atoms with Crippen molar-refractivity contribution in [2.24, 2.45) is 0 Å². The van der Waals surface area contributed by atoms with Gasteiger partial charge in [0.2, 0.25) is 0 Å². The number of benzene rings is 1. The van der Waals surface area contributed by atoms with Crippen LogP contribution in [-0.4, -0.2) is 4.98 Å². The van der Waals surface area contributed by atoms with Gasteiger partial charge in [0.15, 0.2) is 0 Å². The zero-order chi connectivity index (χ0) is 12.6. The normalized spacial score (nSPS) is 10.5. The lowest BCUT2D eigenvalue weighted by atomic mass is 10.0. The summed E-state index contributed by atoms with van der Waals surface area (Å²) in [7, 11) is 0.